The number of piperazine rings is 2. The SMILES string of the molecule is CCCCN1CCN(CC(CCC)(c2ccc3ccccc3c2)N2CC[N]CC2)C(N(C)C)C1. The van der Waals surface area contributed by atoms with Crippen molar-refractivity contribution in [2.24, 2.45) is 0 Å². The van der Waals surface area contributed by atoms with Crippen LogP contribution in [0.15, 0.2) is 42.5 Å². The summed E-state index contributed by atoms with van der Waals surface area (Å²) >= 11 is 0. The predicted octanol–water partition coefficient (Wildman–Crippen LogP) is 4.06. The topological polar surface area (TPSA) is 27.1 Å². The van der Waals surface area contributed by atoms with Crippen molar-refractivity contribution in [1.29, 1.82) is 0 Å². The Bertz CT molecular complexity index is 893. The molecule has 0 saturated carbocycles. The van der Waals surface area contributed by atoms with Gasteiger partial charge < -0.3 is 0 Å². The zero-order valence-corrected chi connectivity index (χ0v) is 22.0. The van der Waals surface area contributed by atoms with E-state index in [1.54, 1.807) is 0 Å². The van der Waals surface area contributed by atoms with E-state index in [2.05, 4.69) is 90.0 Å². The molecule has 2 fully saturated rings. The second kappa shape index (κ2) is 12.0. The third kappa shape index (κ3) is 5.66. The molecule has 5 nitrogen and oxygen atoms in total. The number of likely N-dealkylation sites (N-methyl/N-ethyl adjacent to an activating group) is 1. The van der Waals surface area contributed by atoms with E-state index in [1.165, 1.54) is 55.1 Å². The van der Waals surface area contributed by atoms with Crippen molar-refractivity contribution in [3.8, 4) is 0 Å². The Balaban J connectivity index is 1.69. The number of unbranched alkanes of at least 4 members (excludes halogenated alkanes) is 1. The fraction of sp³-hybridized carbons (Fsp3) is 0.655. The third-order valence-corrected chi connectivity index (χ3v) is 8.05. The van der Waals surface area contributed by atoms with Gasteiger partial charge in [0.05, 0.1) is 11.7 Å². The predicted molar refractivity (Wildman–Crippen MR) is 144 cm³/mol. The van der Waals surface area contributed by atoms with Crippen molar-refractivity contribution in [3.63, 3.8) is 0 Å². The van der Waals surface area contributed by atoms with E-state index in [9.17, 15) is 0 Å². The fourth-order valence-electron chi connectivity index (χ4n) is 6.13. The summed E-state index contributed by atoms with van der Waals surface area (Å²) < 4.78 is 0. The van der Waals surface area contributed by atoms with Crippen molar-refractivity contribution in [3.05, 3.63) is 48.0 Å². The van der Waals surface area contributed by atoms with E-state index >= 15 is 0 Å². The minimum atomic E-state index is 0.0224. The monoisotopic (exact) mass is 464 g/mol. The molecule has 5 heteroatoms. The molecule has 34 heavy (non-hydrogen) atoms. The van der Waals surface area contributed by atoms with Gasteiger partial charge in [0.2, 0.25) is 0 Å². The largest absolute Gasteiger partial charge is 0.299 e. The lowest BCUT2D eigenvalue weighted by Gasteiger charge is -2.52. The molecule has 0 amide bonds. The van der Waals surface area contributed by atoms with E-state index in [0.717, 1.165) is 45.8 Å². The summed E-state index contributed by atoms with van der Waals surface area (Å²) in [6, 6.07) is 16.1. The van der Waals surface area contributed by atoms with E-state index < -0.39 is 0 Å². The highest BCUT2D eigenvalue weighted by Crippen LogP contribution is 2.37. The van der Waals surface area contributed by atoms with Gasteiger partial charge in [0.1, 0.15) is 0 Å². The number of hydrogen-bond donors (Lipinski definition) is 0. The van der Waals surface area contributed by atoms with Crippen LogP contribution in [0.2, 0.25) is 0 Å². The average molecular weight is 465 g/mol. The number of fused-ring (bicyclic) bond motifs is 1. The lowest BCUT2D eigenvalue weighted by molar-refractivity contribution is -0.0492. The van der Waals surface area contributed by atoms with Crippen molar-refractivity contribution in [2.45, 2.75) is 51.2 Å². The zero-order valence-electron chi connectivity index (χ0n) is 22.0. The second-order valence-electron chi connectivity index (χ2n) is 10.6. The number of hydrogen-bond acceptors (Lipinski definition) is 4. The molecular weight excluding hydrogens is 418 g/mol. The highest BCUT2D eigenvalue weighted by molar-refractivity contribution is 5.83. The Morgan fingerprint density at radius 2 is 1.71 bits per heavy atom. The molecule has 4 rings (SSSR count). The average Bonchev–Trinajstić information content (AvgIpc) is 2.87. The molecule has 0 aromatic heterocycles. The molecule has 2 aromatic rings. The summed E-state index contributed by atoms with van der Waals surface area (Å²) in [7, 11) is 4.52. The maximum atomic E-state index is 4.70. The number of rotatable bonds is 10. The van der Waals surface area contributed by atoms with Gasteiger partial charge in [0.25, 0.3) is 0 Å². The van der Waals surface area contributed by atoms with Gasteiger partial charge in [0.15, 0.2) is 0 Å². The van der Waals surface area contributed by atoms with Crippen molar-refractivity contribution in [1.82, 2.24) is 24.9 Å². The molecule has 0 spiro atoms. The minimum absolute atomic E-state index is 0.0224. The van der Waals surface area contributed by atoms with Crippen LogP contribution in [0, 0.1) is 0 Å². The maximum absolute atomic E-state index is 4.70. The van der Waals surface area contributed by atoms with Crippen LogP contribution in [0.5, 0.6) is 0 Å². The first-order chi connectivity index (χ1) is 16.6. The molecule has 0 N–H and O–H groups in total. The van der Waals surface area contributed by atoms with Crippen LogP contribution >= 0.6 is 0 Å². The van der Waals surface area contributed by atoms with Crippen molar-refractivity contribution < 1.29 is 0 Å². The van der Waals surface area contributed by atoms with Gasteiger partial charge in [-0.05, 0) is 55.9 Å². The Morgan fingerprint density at radius 3 is 2.41 bits per heavy atom. The van der Waals surface area contributed by atoms with Crippen LogP contribution in [-0.4, -0.2) is 98.8 Å². The van der Waals surface area contributed by atoms with Crippen LogP contribution in [-0.2, 0) is 5.54 Å². The van der Waals surface area contributed by atoms with Gasteiger partial charge in [-0.1, -0.05) is 63.1 Å². The van der Waals surface area contributed by atoms with Gasteiger partial charge in [-0.25, -0.2) is 5.32 Å². The Labute approximate surface area is 208 Å². The highest BCUT2D eigenvalue weighted by Gasteiger charge is 2.42. The number of benzene rings is 2. The summed E-state index contributed by atoms with van der Waals surface area (Å²) in [6.45, 7) is 14.5. The minimum Gasteiger partial charge on any atom is -0.299 e. The quantitative estimate of drug-likeness (QED) is 0.530. The lowest BCUT2D eigenvalue weighted by atomic mass is 9.81. The molecule has 2 aliphatic rings. The molecule has 2 unspecified atom stereocenters. The molecule has 2 heterocycles. The van der Waals surface area contributed by atoms with Crippen LogP contribution in [0.3, 0.4) is 0 Å². The molecule has 187 valence electrons. The summed E-state index contributed by atoms with van der Waals surface area (Å²) in [5.41, 5.74) is 1.51. The molecule has 2 aromatic carbocycles. The standard InChI is InChI=1S/C29H46N5/c1-5-7-17-32-20-21-33(28(23-32)31(3)4)24-29(14-6-2,34-18-15-30-16-19-34)27-13-12-25-10-8-9-11-26(25)22-27/h8-13,22,28H,5-7,14-21,23-24H2,1-4H3. The van der Waals surface area contributed by atoms with Crippen molar-refractivity contribution in [2.75, 3.05) is 73.0 Å². The first kappa shape index (κ1) is 25.6. The van der Waals surface area contributed by atoms with E-state index in [-0.39, 0.29) is 5.54 Å². The van der Waals surface area contributed by atoms with E-state index in [0.29, 0.717) is 6.17 Å². The zero-order chi connectivity index (χ0) is 24.0. The molecular formula is C29H46N5. The smallest absolute Gasteiger partial charge is 0.0749 e. The van der Waals surface area contributed by atoms with Gasteiger partial charge >= 0.3 is 0 Å². The molecule has 1 radical (unpaired) electrons. The Hall–Kier alpha value is -1.50. The Morgan fingerprint density at radius 1 is 0.941 bits per heavy atom. The second-order valence-corrected chi connectivity index (χ2v) is 10.6. The van der Waals surface area contributed by atoms with Crippen LogP contribution in [0.4, 0.5) is 0 Å². The fourth-order valence-corrected chi connectivity index (χ4v) is 6.13. The molecule has 0 aliphatic carbocycles. The van der Waals surface area contributed by atoms with Gasteiger partial charge in [-0.3, -0.25) is 19.6 Å². The molecule has 2 saturated heterocycles. The van der Waals surface area contributed by atoms with Crippen LogP contribution in [0.25, 0.3) is 10.8 Å². The van der Waals surface area contributed by atoms with Gasteiger partial charge in [0, 0.05) is 52.4 Å². The van der Waals surface area contributed by atoms with E-state index in [1.807, 2.05) is 0 Å². The van der Waals surface area contributed by atoms with Crippen molar-refractivity contribution >= 4 is 10.8 Å². The maximum Gasteiger partial charge on any atom is 0.0749 e. The first-order valence-electron chi connectivity index (χ1n) is 13.6. The highest BCUT2D eigenvalue weighted by atomic mass is 15.4. The number of nitrogens with zero attached hydrogens (tertiary/aromatic N) is 5. The molecule has 2 aliphatic heterocycles. The lowest BCUT2D eigenvalue weighted by Crippen LogP contribution is -2.64. The summed E-state index contributed by atoms with van der Waals surface area (Å²) in [6.07, 6.45) is 5.39. The van der Waals surface area contributed by atoms with Gasteiger partial charge in [-0.15, -0.1) is 0 Å². The van der Waals surface area contributed by atoms with Crippen LogP contribution < -0.4 is 5.32 Å². The molecule has 0 bridgehead atoms. The third-order valence-electron chi connectivity index (χ3n) is 8.05. The Kier molecular flexibility index (Phi) is 9.00. The summed E-state index contributed by atoms with van der Waals surface area (Å²) in [4.78, 5) is 10.7. The van der Waals surface area contributed by atoms with Crippen LogP contribution in [0.1, 0.15) is 45.1 Å². The normalized spacial score (nSPS) is 22.9. The summed E-state index contributed by atoms with van der Waals surface area (Å²) in [5, 5.41) is 7.39. The summed E-state index contributed by atoms with van der Waals surface area (Å²) in [5.74, 6) is 0. The molecule has 2 atom stereocenters. The van der Waals surface area contributed by atoms with Gasteiger partial charge in [-0.2, -0.15) is 0 Å². The van der Waals surface area contributed by atoms with E-state index in [4.69, 9.17) is 5.32 Å². The first-order valence-corrected chi connectivity index (χ1v) is 13.6.